The Balaban J connectivity index is 1.99. The summed E-state index contributed by atoms with van der Waals surface area (Å²) in [5.74, 6) is 0.974. The first-order chi connectivity index (χ1) is 8.58. The maximum absolute atomic E-state index is 9.33. The summed E-state index contributed by atoms with van der Waals surface area (Å²) >= 11 is 5.85. The van der Waals surface area contributed by atoms with E-state index in [2.05, 4.69) is 15.5 Å². The second-order valence-corrected chi connectivity index (χ2v) is 4.60. The lowest BCUT2D eigenvalue weighted by Gasteiger charge is -2.13. The van der Waals surface area contributed by atoms with Crippen molar-refractivity contribution in [2.45, 2.75) is 19.5 Å². The number of phenolic OH excluding ortho intramolecular Hbond substituents is 1. The van der Waals surface area contributed by atoms with Gasteiger partial charge in [0.1, 0.15) is 17.9 Å². The molecular formula is C12H15ClN4O. The van der Waals surface area contributed by atoms with E-state index in [0.717, 1.165) is 11.4 Å². The molecule has 96 valence electrons. The highest BCUT2D eigenvalue weighted by molar-refractivity contribution is 6.32. The number of nitrogens with one attached hydrogen (secondary N) is 1. The quantitative estimate of drug-likeness (QED) is 0.889. The molecule has 1 heterocycles. The fraction of sp³-hybridized carbons (Fsp3) is 0.333. The fourth-order valence-corrected chi connectivity index (χ4v) is 1.91. The Morgan fingerprint density at radius 1 is 1.50 bits per heavy atom. The molecule has 0 bridgehead atoms. The summed E-state index contributed by atoms with van der Waals surface area (Å²) < 4.78 is 1.88. The SMILES string of the molecule is CC(NCc1ccc(O)c(Cl)c1)c1nncn1C. The van der Waals surface area contributed by atoms with Crippen molar-refractivity contribution >= 4 is 11.6 Å². The molecule has 2 N–H and O–H groups in total. The highest BCUT2D eigenvalue weighted by Gasteiger charge is 2.10. The van der Waals surface area contributed by atoms with Gasteiger partial charge in [0, 0.05) is 13.6 Å². The molecule has 6 heteroatoms. The minimum atomic E-state index is 0.0880. The lowest BCUT2D eigenvalue weighted by atomic mass is 10.2. The predicted molar refractivity (Wildman–Crippen MR) is 69.4 cm³/mol. The summed E-state index contributed by atoms with van der Waals surface area (Å²) in [6, 6.07) is 5.25. The number of hydrogen-bond donors (Lipinski definition) is 2. The topological polar surface area (TPSA) is 63.0 Å². The molecule has 1 aromatic carbocycles. The predicted octanol–water partition coefficient (Wildman–Crippen LogP) is 2.02. The van der Waals surface area contributed by atoms with Gasteiger partial charge < -0.3 is 15.0 Å². The van der Waals surface area contributed by atoms with Gasteiger partial charge in [0.15, 0.2) is 0 Å². The molecule has 0 radical (unpaired) electrons. The molecule has 0 saturated carbocycles. The molecule has 0 fully saturated rings. The lowest BCUT2D eigenvalue weighted by Crippen LogP contribution is -2.21. The molecule has 0 aliphatic heterocycles. The van der Waals surface area contributed by atoms with Crippen molar-refractivity contribution in [2.24, 2.45) is 7.05 Å². The van der Waals surface area contributed by atoms with E-state index in [0.29, 0.717) is 11.6 Å². The summed E-state index contributed by atoms with van der Waals surface area (Å²) in [5.41, 5.74) is 1.01. The van der Waals surface area contributed by atoms with Crippen molar-refractivity contribution in [3.8, 4) is 5.75 Å². The molecule has 0 aliphatic rings. The molecule has 18 heavy (non-hydrogen) atoms. The molecule has 0 amide bonds. The van der Waals surface area contributed by atoms with Crippen molar-refractivity contribution in [3.63, 3.8) is 0 Å². The summed E-state index contributed by atoms with van der Waals surface area (Å²) in [5, 5.41) is 20.9. The average molecular weight is 267 g/mol. The molecule has 2 rings (SSSR count). The second kappa shape index (κ2) is 5.37. The monoisotopic (exact) mass is 266 g/mol. The summed E-state index contributed by atoms with van der Waals surface area (Å²) in [7, 11) is 1.91. The Morgan fingerprint density at radius 2 is 2.28 bits per heavy atom. The minimum Gasteiger partial charge on any atom is -0.506 e. The Hall–Kier alpha value is -1.59. The van der Waals surface area contributed by atoms with Crippen LogP contribution in [0.2, 0.25) is 5.02 Å². The van der Waals surface area contributed by atoms with E-state index >= 15 is 0 Å². The molecule has 1 aromatic heterocycles. The molecule has 2 aromatic rings. The van der Waals surface area contributed by atoms with E-state index in [4.69, 9.17) is 11.6 Å². The van der Waals surface area contributed by atoms with Crippen LogP contribution in [0.4, 0.5) is 0 Å². The maximum Gasteiger partial charge on any atom is 0.149 e. The van der Waals surface area contributed by atoms with Gasteiger partial charge in [0.25, 0.3) is 0 Å². The Labute approximate surface area is 110 Å². The van der Waals surface area contributed by atoms with Gasteiger partial charge in [-0.05, 0) is 24.6 Å². The van der Waals surface area contributed by atoms with Crippen LogP contribution in [0.5, 0.6) is 5.75 Å². The van der Waals surface area contributed by atoms with Crippen LogP contribution in [0.3, 0.4) is 0 Å². The smallest absolute Gasteiger partial charge is 0.149 e. The van der Waals surface area contributed by atoms with Crippen LogP contribution in [0.1, 0.15) is 24.4 Å². The van der Waals surface area contributed by atoms with Crippen LogP contribution in [-0.2, 0) is 13.6 Å². The minimum absolute atomic E-state index is 0.0880. The third-order valence-electron chi connectivity index (χ3n) is 2.76. The number of benzene rings is 1. The van der Waals surface area contributed by atoms with Gasteiger partial charge in [-0.2, -0.15) is 0 Å². The zero-order valence-corrected chi connectivity index (χ0v) is 11.0. The Bertz CT molecular complexity index is 541. The van der Waals surface area contributed by atoms with Gasteiger partial charge in [-0.1, -0.05) is 17.7 Å². The molecule has 5 nitrogen and oxygen atoms in total. The lowest BCUT2D eigenvalue weighted by molar-refractivity contribution is 0.475. The molecular weight excluding hydrogens is 252 g/mol. The van der Waals surface area contributed by atoms with Crippen molar-refractivity contribution in [1.29, 1.82) is 0 Å². The molecule has 0 saturated heterocycles. The fourth-order valence-electron chi connectivity index (χ4n) is 1.71. The van der Waals surface area contributed by atoms with Gasteiger partial charge >= 0.3 is 0 Å². The van der Waals surface area contributed by atoms with Gasteiger partial charge in [0.05, 0.1) is 11.1 Å². The van der Waals surface area contributed by atoms with E-state index in [1.165, 1.54) is 0 Å². The van der Waals surface area contributed by atoms with Crippen LogP contribution >= 0.6 is 11.6 Å². The number of aromatic nitrogens is 3. The van der Waals surface area contributed by atoms with Crippen LogP contribution in [0.15, 0.2) is 24.5 Å². The largest absolute Gasteiger partial charge is 0.506 e. The first-order valence-electron chi connectivity index (χ1n) is 5.62. The highest BCUT2D eigenvalue weighted by atomic mass is 35.5. The van der Waals surface area contributed by atoms with Crippen LogP contribution in [0, 0.1) is 0 Å². The molecule has 1 unspecified atom stereocenters. The number of rotatable bonds is 4. The van der Waals surface area contributed by atoms with Gasteiger partial charge in [-0.15, -0.1) is 10.2 Å². The first kappa shape index (κ1) is 12.9. The van der Waals surface area contributed by atoms with E-state index in [1.807, 2.05) is 24.6 Å². The second-order valence-electron chi connectivity index (χ2n) is 4.19. The number of aromatic hydroxyl groups is 1. The van der Waals surface area contributed by atoms with Crippen LogP contribution < -0.4 is 5.32 Å². The van der Waals surface area contributed by atoms with E-state index in [1.54, 1.807) is 18.5 Å². The van der Waals surface area contributed by atoms with E-state index in [9.17, 15) is 5.11 Å². The Kier molecular flexibility index (Phi) is 3.84. The number of halogens is 1. The van der Waals surface area contributed by atoms with Crippen LogP contribution in [-0.4, -0.2) is 19.9 Å². The Morgan fingerprint density at radius 3 is 2.89 bits per heavy atom. The summed E-state index contributed by atoms with van der Waals surface area (Å²) in [4.78, 5) is 0. The van der Waals surface area contributed by atoms with Gasteiger partial charge in [-0.3, -0.25) is 0 Å². The average Bonchev–Trinajstić information content (AvgIpc) is 2.77. The van der Waals surface area contributed by atoms with Crippen molar-refractivity contribution in [2.75, 3.05) is 0 Å². The normalized spacial score (nSPS) is 12.6. The zero-order valence-electron chi connectivity index (χ0n) is 10.3. The van der Waals surface area contributed by atoms with Crippen molar-refractivity contribution in [1.82, 2.24) is 20.1 Å². The third kappa shape index (κ3) is 2.80. The number of phenols is 1. The zero-order chi connectivity index (χ0) is 13.1. The van der Waals surface area contributed by atoms with Gasteiger partial charge in [-0.25, -0.2) is 0 Å². The molecule has 0 spiro atoms. The first-order valence-corrected chi connectivity index (χ1v) is 6.00. The van der Waals surface area contributed by atoms with Crippen molar-refractivity contribution in [3.05, 3.63) is 40.9 Å². The number of nitrogens with zero attached hydrogens (tertiary/aromatic N) is 3. The van der Waals surface area contributed by atoms with Crippen LogP contribution in [0.25, 0.3) is 0 Å². The van der Waals surface area contributed by atoms with E-state index < -0.39 is 0 Å². The highest BCUT2D eigenvalue weighted by Crippen LogP contribution is 2.23. The standard InChI is InChI=1S/C12H15ClN4O/c1-8(12-16-15-7-17(12)2)14-6-9-3-4-11(18)10(13)5-9/h3-5,7-8,14,18H,6H2,1-2H3. The maximum atomic E-state index is 9.33. The molecule has 1 atom stereocenters. The van der Waals surface area contributed by atoms with Crippen molar-refractivity contribution < 1.29 is 5.11 Å². The molecule has 0 aliphatic carbocycles. The summed E-state index contributed by atoms with van der Waals surface area (Å²) in [6.07, 6.45) is 1.67. The number of hydrogen-bond acceptors (Lipinski definition) is 4. The summed E-state index contributed by atoms with van der Waals surface area (Å²) in [6.45, 7) is 2.67. The van der Waals surface area contributed by atoms with Gasteiger partial charge in [0.2, 0.25) is 0 Å². The number of aryl methyl sites for hydroxylation is 1. The third-order valence-corrected chi connectivity index (χ3v) is 3.06. The van der Waals surface area contributed by atoms with E-state index in [-0.39, 0.29) is 11.8 Å².